The van der Waals surface area contributed by atoms with E-state index in [2.05, 4.69) is 16.0 Å². The number of anilines is 1. The van der Waals surface area contributed by atoms with E-state index < -0.39 is 22.0 Å². The molecule has 0 saturated heterocycles. The molecule has 1 saturated carbocycles. The van der Waals surface area contributed by atoms with E-state index in [0.29, 0.717) is 24.3 Å². The molecule has 0 aliphatic heterocycles. The molecule has 1 aliphatic carbocycles. The number of rotatable bonds is 8. The molecule has 0 bridgehead atoms. The van der Waals surface area contributed by atoms with Gasteiger partial charge in [0.2, 0.25) is 15.9 Å². The van der Waals surface area contributed by atoms with Crippen LogP contribution in [-0.4, -0.2) is 50.3 Å². The third-order valence-corrected chi connectivity index (χ3v) is 6.32. The summed E-state index contributed by atoms with van der Waals surface area (Å²) >= 11 is 0. The maximum Gasteiger partial charge on any atom is 0.321 e. The van der Waals surface area contributed by atoms with E-state index in [1.54, 1.807) is 32.9 Å². The van der Waals surface area contributed by atoms with E-state index in [9.17, 15) is 18.0 Å². The van der Waals surface area contributed by atoms with Gasteiger partial charge in [0.15, 0.2) is 0 Å². The number of nitrogens with zero attached hydrogens (tertiary/aromatic N) is 1. The van der Waals surface area contributed by atoms with E-state index in [1.807, 2.05) is 0 Å². The van der Waals surface area contributed by atoms with Crippen molar-refractivity contribution < 1.29 is 18.0 Å². The Balaban J connectivity index is 2.02. The highest BCUT2D eigenvalue weighted by Gasteiger charge is 2.25. The predicted octanol–water partition coefficient (Wildman–Crippen LogP) is 1.43. The Morgan fingerprint density at radius 3 is 2.42 bits per heavy atom. The summed E-state index contributed by atoms with van der Waals surface area (Å²) in [5.74, 6) is -0.489. The lowest BCUT2D eigenvalue weighted by molar-refractivity contribution is -0.118. The van der Waals surface area contributed by atoms with Crippen LogP contribution >= 0.6 is 0 Å². The van der Waals surface area contributed by atoms with Crippen molar-refractivity contribution in [1.82, 2.24) is 14.9 Å². The molecule has 1 aromatic carbocycles. The van der Waals surface area contributed by atoms with Gasteiger partial charge < -0.3 is 10.6 Å². The number of amides is 3. The lowest BCUT2D eigenvalue weighted by atomic mass is 10.2. The highest BCUT2D eigenvalue weighted by atomic mass is 32.2. The van der Waals surface area contributed by atoms with Crippen molar-refractivity contribution in [3.8, 4) is 0 Å². The van der Waals surface area contributed by atoms with Crippen LogP contribution in [0.1, 0.15) is 32.3 Å². The molecule has 0 atom stereocenters. The lowest BCUT2D eigenvalue weighted by Gasteiger charge is -2.20. The van der Waals surface area contributed by atoms with E-state index in [4.69, 9.17) is 0 Å². The minimum atomic E-state index is -3.59. The largest absolute Gasteiger partial charge is 0.376 e. The predicted molar refractivity (Wildman–Crippen MR) is 99.5 cm³/mol. The normalized spacial score (nSPS) is 14.2. The van der Waals surface area contributed by atoms with Gasteiger partial charge in [-0.25, -0.2) is 13.2 Å². The Labute approximate surface area is 154 Å². The molecule has 0 aromatic heterocycles. The molecule has 8 nitrogen and oxygen atoms in total. The second kappa shape index (κ2) is 8.50. The smallest absolute Gasteiger partial charge is 0.321 e. The molecule has 3 amide bonds. The summed E-state index contributed by atoms with van der Waals surface area (Å²) in [5, 5.41) is 7.76. The quantitative estimate of drug-likeness (QED) is 0.630. The Hall–Kier alpha value is -2.13. The Morgan fingerprint density at radius 1 is 1.19 bits per heavy atom. The van der Waals surface area contributed by atoms with Crippen molar-refractivity contribution in [3.05, 3.63) is 23.8 Å². The molecule has 1 aromatic rings. The number of carbonyl (C=O) groups excluding carboxylic acids is 2. The van der Waals surface area contributed by atoms with Crippen LogP contribution in [-0.2, 0) is 14.8 Å². The van der Waals surface area contributed by atoms with Crippen molar-refractivity contribution >= 4 is 27.6 Å². The van der Waals surface area contributed by atoms with Gasteiger partial charge in [0.1, 0.15) is 0 Å². The summed E-state index contributed by atoms with van der Waals surface area (Å²) in [7, 11) is -3.59. The Morgan fingerprint density at radius 2 is 1.85 bits per heavy atom. The molecular formula is C17H26N4O4S. The SMILES string of the molecule is CCN(CC)S(=O)(=O)c1cc(NCC(=O)NC(=O)NC2CC2)ccc1C. The molecule has 0 spiro atoms. The first-order chi connectivity index (χ1) is 12.3. The molecule has 2 rings (SSSR count). The van der Waals surface area contributed by atoms with E-state index in [1.165, 1.54) is 10.4 Å². The second-order valence-corrected chi connectivity index (χ2v) is 8.13. The van der Waals surface area contributed by atoms with Crippen molar-refractivity contribution in [2.24, 2.45) is 0 Å². The lowest BCUT2D eigenvalue weighted by Crippen LogP contribution is -2.42. The Kier molecular flexibility index (Phi) is 6.60. The number of nitrogens with one attached hydrogen (secondary N) is 3. The van der Waals surface area contributed by atoms with Gasteiger partial charge in [-0.3, -0.25) is 10.1 Å². The zero-order valence-corrected chi connectivity index (χ0v) is 16.1. The van der Waals surface area contributed by atoms with Crippen LogP contribution in [0.2, 0.25) is 0 Å². The average Bonchev–Trinajstić information content (AvgIpc) is 3.38. The number of hydrogen-bond donors (Lipinski definition) is 3. The van der Waals surface area contributed by atoms with Crippen molar-refractivity contribution in [1.29, 1.82) is 0 Å². The van der Waals surface area contributed by atoms with Crippen molar-refractivity contribution in [3.63, 3.8) is 0 Å². The molecule has 26 heavy (non-hydrogen) atoms. The number of aryl methyl sites for hydroxylation is 1. The van der Waals surface area contributed by atoms with Crippen LogP contribution < -0.4 is 16.0 Å². The molecule has 9 heteroatoms. The molecular weight excluding hydrogens is 356 g/mol. The Bertz CT molecular complexity index is 771. The van der Waals surface area contributed by atoms with Crippen LogP contribution in [0.5, 0.6) is 0 Å². The molecule has 3 N–H and O–H groups in total. The fraction of sp³-hybridized carbons (Fsp3) is 0.529. The third-order valence-electron chi connectivity index (χ3n) is 4.13. The molecule has 0 radical (unpaired) electrons. The first kappa shape index (κ1) is 20.2. The number of benzene rings is 1. The maximum absolute atomic E-state index is 12.7. The third kappa shape index (κ3) is 5.18. The topological polar surface area (TPSA) is 108 Å². The highest BCUT2D eigenvalue weighted by Crippen LogP contribution is 2.23. The first-order valence-electron chi connectivity index (χ1n) is 8.73. The van der Waals surface area contributed by atoms with Crippen LogP contribution in [0.15, 0.2) is 23.1 Å². The van der Waals surface area contributed by atoms with Gasteiger partial charge in [-0.2, -0.15) is 4.31 Å². The molecule has 1 aliphatic rings. The summed E-state index contributed by atoms with van der Waals surface area (Å²) in [4.78, 5) is 23.6. The van der Waals surface area contributed by atoms with Gasteiger partial charge in [0.25, 0.3) is 0 Å². The molecule has 1 fully saturated rings. The van der Waals surface area contributed by atoms with Crippen LogP contribution in [0.3, 0.4) is 0 Å². The average molecular weight is 382 g/mol. The molecule has 0 unspecified atom stereocenters. The van der Waals surface area contributed by atoms with Crippen molar-refractivity contribution in [2.75, 3.05) is 25.0 Å². The van der Waals surface area contributed by atoms with Gasteiger partial charge in [-0.15, -0.1) is 0 Å². The number of sulfonamides is 1. The zero-order chi connectivity index (χ0) is 19.3. The summed E-state index contributed by atoms with van der Waals surface area (Å²) in [6.45, 7) is 5.94. The van der Waals surface area contributed by atoms with Gasteiger partial charge in [0, 0.05) is 24.8 Å². The minimum Gasteiger partial charge on any atom is -0.376 e. The van der Waals surface area contributed by atoms with E-state index in [0.717, 1.165) is 12.8 Å². The fourth-order valence-corrected chi connectivity index (χ4v) is 4.20. The summed E-state index contributed by atoms with van der Waals surface area (Å²) < 4.78 is 26.8. The monoisotopic (exact) mass is 382 g/mol. The zero-order valence-electron chi connectivity index (χ0n) is 15.3. The van der Waals surface area contributed by atoms with E-state index >= 15 is 0 Å². The number of hydrogen-bond acceptors (Lipinski definition) is 5. The summed E-state index contributed by atoms with van der Waals surface area (Å²) in [6.07, 6.45) is 1.88. The summed E-state index contributed by atoms with van der Waals surface area (Å²) in [5.41, 5.74) is 1.13. The molecule has 144 valence electrons. The number of urea groups is 1. The number of imide groups is 1. The molecule has 0 heterocycles. The van der Waals surface area contributed by atoms with Gasteiger partial charge in [-0.1, -0.05) is 19.9 Å². The van der Waals surface area contributed by atoms with E-state index in [-0.39, 0.29) is 17.5 Å². The van der Waals surface area contributed by atoms with Crippen molar-refractivity contribution in [2.45, 2.75) is 44.6 Å². The first-order valence-corrected chi connectivity index (χ1v) is 10.2. The van der Waals surface area contributed by atoms with Crippen LogP contribution in [0.4, 0.5) is 10.5 Å². The standard InChI is InChI=1S/C17H26N4O4S/c1-4-21(5-2)26(24,25)15-10-14(7-6-12(15)3)18-11-16(22)20-17(23)19-13-8-9-13/h6-7,10,13,18H,4-5,8-9,11H2,1-3H3,(H2,19,20,22,23). The van der Waals surface area contributed by atoms with Gasteiger partial charge in [-0.05, 0) is 37.5 Å². The summed E-state index contributed by atoms with van der Waals surface area (Å²) in [6, 6.07) is 4.57. The van der Waals surface area contributed by atoms with Gasteiger partial charge in [0.05, 0.1) is 11.4 Å². The highest BCUT2D eigenvalue weighted by molar-refractivity contribution is 7.89. The maximum atomic E-state index is 12.7. The fourth-order valence-electron chi connectivity index (χ4n) is 2.49. The second-order valence-electron chi connectivity index (χ2n) is 6.22. The minimum absolute atomic E-state index is 0.133. The number of carbonyl (C=O) groups is 2. The van der Waals surface area contributed by atoms with Crippen LogP contribution in [0, 0.1) is 6.92 Å². The van der Waals surface area contributed by atoms with Gasteiger partial charge >= 0.3 is 6.03 Å². The van der Waals surface area contributed by atoms with Crippen LogP contribution in [0.25, 0.3) is 0 Å².